The number of phenols is 1. The topological polar surface area (TPSA) is 81.6 Å². The lowest BCUT2D eigenvalue weighted by molar-refractivity contribution is -0.192. The summed E-state index contributed by atoms with van der Waals surface area (Å²) in [6.07, 6.45) is 3.57. The van der Waals surface area contributed by atoms with Crippen LogP contribution in [0.15, 0.2) is 36.4 Å². The van der Waals surface area contributed by atoms with Crippen LogP contribution in [-0.4, -0.2) is 34.9 Å². The summed E-state index contributed by atoms with van der Waals surface area (Å²) in [7, 11) is 0. The Morgan fingerprint density at radius 1 is 1.18 bits per heavy atom. The van der Waals surface area contributed by atoms with Gasteiger partial charge < -0.3 is 20.8 Å². The number of carboxylic acids is 1. The van der Waals surface area contributed by atoms with Crippen molar-refractivity contribution < 1.29 is 28.2 Å². The van der Waals surface area contributed by atoms with E-state index in [-0.39, 0.29) is 0 Å². The molecule has 5 nitrogen and oxygen atoms in total. The third kappa shape index (κ3) is 4.73. The van der Waals surface area contributed by atoms with Crippen LogP contribution in [0.1, 0.15) is 55.7 Å². The third-order valence-electron chi connectivity index (χ3n) is 7.64. The van der Waals surface area contributed by atoms with E-state index in [1.54, 1.807) is 0 Å². The number of benzene rings is 2. The van der Waals surface area contributed by atoms with Gasteiger partial charge in [-0.2, -0.15) is 13.2 Å². The molecule has 2 bridgehead atoms. The van der Waals surface area contributed by atoms with Crippen LogP contribution in [0, 0.1) is 5.92 Å². The second-order valence-electron chi connectivity index (χ2n) is 9.53. The first-order chi connectivity index (χ1) is 16.1. The van der Waals surface area contributed by atoms with Gasteiger partial charge in [-0.3, -0.25) is 0 Å². The zero-order valence-corrected chi connectivity index (χ0v) is 19.2. The molecule has 2 aliphatic carbocycles. The van der Waals surface area contributed by atoms with Gasteiger partial charge in [-0.15, -0.1) is 0 Å². The summed E-state index contributed by atoms with van der Waals surface area (Å²) in [4.78, 5) is 8.90. The fraction of sp³-hybridized carbons (Fsp3) is 0.500. The molecular formula is C26H31F3N2O3. The minimum Gasteiger partial charge on any atom is -0.506 e. The maximum absolute atomic E-state index is 10.8. The minimum atomic E-state index is -5.08. The van der Waals surface area contributed by atoms with E-state index in [0.29, 0.717) is 17.2 Å². The van der Waals surface area contributed by atoms with Gasteiger partial charge in [0.15, 0.2) is 0 Å². The Balaban J connectivity index is 0.000000344. The molecule has 2 aromatic carbocycles. The van der Waals surface area contributed by atoms with E-state index < -0.39 is 12.1 Å². The molecular weight excluding hydrogens is 445 g/mol. The molecule has 1 heterocycles. The number of aryl methyl sites for hydroxylation is 1. The lowest BCUT2D eigenvalue weighted by Crippen LogP contribution is -2.59. The summed E-state index contributed by atoms with van der Waals surface area (Å²) >= 11 is 0. The molecule has 1 saturated heterocycles. The van der Waals surface area contributed by atoms with E-state index in [4.69, 9.17) is 9.90 Å². The Labute approximate surface area is 197 Å². The van der Waals surface area contributed by atoms with E-state index in [9.17, 15) is 18.3 Å². The number of aliphatic carboxylic acids is 1. The first-order valence-corrected chi connectivity index (χ1v) is 11.9. The molecule has 3 aliphatic rings. The highest BCUT2D eigenvalue weighted by Gasteiger charge is 2.51. The summed E-state index contributed by atoms with van der Waals surface area (Å²) in [5.74, 6) is -1.62. The Kier molecular flexibility index (Phi) is 6.80. The molecule has 0 aromatic heterocycles. The monoisotopic (exact) mass is 476 g/mol. The van der Waals surface area contributed by atoms with Crippen molar-refractivity contribution in [2.75, 3.05) is 11.9 Å². The quantitative estimate of drug-likeness (QED) is 0.429. The SMILES string of the molecule is CCc1ccc(Nc2cc3c(cc2O)[C@]24CCCC[C@@H]2[C@H](C3)NCC4)cc1.O=C(O)C(F)(F)F. The van der Waals surface area contributed by atoms with Gasteiger partial charge in [0.1, 0.15) is 5.75 Å². The second-order valence-corrected chi connectivity index (χ2v) is 9.53. The van der Waals surface area contributed by atoms with Gasteiger partial charge in [-0.05, 0) is 85.5 Å². The number of phenolic OH excluding ortho intramolecular Hbond substituents is 1. The number of anilines is 2. The van der Waals surface area contributed by atoms with Crippen LogP contribution in [0.4, 0.5) is 24.5 Å². The van der Waals surface area contributed by atoms with Crippen molar-refractivity contribution in [3.05, 3.63) is 53.1 Å². The van der Waals surface area contributed by atoms with Gasteiger partial charge in [0.25, 0.3) is 0 Å². The molecule has 5 rings (SSSR count). The van der Waals surface area contributed by atoms with Gasteiger partial charge in [-0.25, -0.2) is 4.79 Å². The average Bonchev–Trinajstić information content (AvgIpc) is 2.80. The highest BCUT2D eigenvalue weighted by Crippen LogP contribution is 2.55. The van der Waals surface area contributed by atoms with Crippen LogP contribution < -0.4 is 10.6 Å². The largest absolute Gasteiger partial charge is 0.506 e. The molecule has 0 spiro atoms. The molecule has 1 saturated carbocycles. The van der Waals surface area contributed by atoms with E-state index in [1.807, 2.05) is 0 Å². The van der Waals surface area contributed by atoms with Crippen molar-refractivity contribution in [3.63, 3.8) is 0 Å². The predicted molar refractivity (Wildman–Crippen MR) is 125 cm³/mol. The molecule has 184 valence electrons. The van der Waals surface area contributed by atoms with Gasteiger partial charge in [0.2, 0.25) is 0 Å². The number of halogens is 3. The molecule has 0 amide bonds. The summed E-state index contributed by atoms with van der Waals surface area (Å²) in [5.41, 5.74) is 6.36. The molecule has 0 radical (unpaired) electrons. The number of carbonyl (C=O) groups is 1. The van der Waals surface area contributed by atoms with E-state index >= 15 is 0 Å². The maximum atomic E-state index is 10.8. The first kappa shape index (κ1) is 24.4. The predicted octanol–water partition coefficient (Wildman–Crippen LogP) is 5.68. The summed E-state index contributed by atoms with van der Waals surface area (Å²) < 4.78 is 31.7. The summed E-state index contributed by atoms with van der Waals surface area (Å²) in [5, 5.41) is 25.2. The van der Waals surface area contributed by atoms with Gasteiger partial charge in [-0.1, -0.05) is 31.9 Å². The Bertz CT molecular complexity index is 1030. The minimum absolute atomic E-state index is 0.292. The van der Waals surface area contributed by atoms with Gasteiger partial charge >= 0.3 is 12.1 Å². The Morgan fingerprint density at radius 2 is 1.88 bits per heavy atom. The van der Waals surface area contributed by atoms with Crippen molar-refractivity contribution in [3.8, 4) is 5.75 Å². The summed E-state index contributed by atoms with van der Waals surface area (Å²) in [6, 6.07) is 13.4. The van der Waals surface area contributed by atoms with Crippen LogP contribution in [0.3, 0.4) is 0 Å². The van der Waals surface area contributed by atoms with Crippen LogP contribution in [-0.2, 0) is 23.1 Å². The number of alkyl halides is 3. The number of hydrogen-bond acceptors (Lipinski definition) is 4. The highest BCUT2D eigenvalue weighted by atomic mass is 19.4. The number of hydrogen-bond donors (Lipinski definition) is 4. The zero-order valence-electron chi connectivity index (χ0n) is 19.2. The second kappa shape index (κ2) is 9.49. The van der Waals surface area contributed by atoms with E-state index in [0.717, 1.165) is 36.7 Å². The number of carboxylic acid groups (broad SMARTS) is 1. The number of piperidine rings is 1. The smallest absolute Gasteiger partial charge is 0.490 e. The van der Waals surface area contributed by atoms with Crippen molar-refractivity contribution >= 4 is 17.3 Å². The first-order valence-electron chi connectivity index (χ1n) is 11.9. The Morgan fingerprint density at radius 3 is 2.53 bits per heavy atom. The van der Waals surface area contributed by atoms with Crippen molar-refractivity contribution in [1.82, 2.24) is 5.32 Å². The molecule has 1 aliphatic heterocycles. The van der Waals surface area contributed by atoms with Crippen LogP contribution in [0.5, 0.6) is 5.75 Å². The fourth-order valence-electron chi connectivity index (χ4n) is 6.05. The van der Waals surface area contributed by atoms with Crippen molar-refractivity contribution in [2.24, 2.45) is 5.92 Å². The van der Waals surface area contributed by atoms with E-state index in [2.05, 4.69) is 54.0 Å². The molecule has 34 heavy (non-hydrogen) atoms. The number of aromatic hydroxyl groups is 1. The van der Waals surface area contributed by atoms with Crippen LogP contribution in [0.2, 0.25) is 0 Å². The molecule has 4 N–H and O–H groups in total. The lowest BCUT2D eigenvalue weighted by Gasteiger charge is -2.56. The summed E-state index contributed by atoms with van der Waals surface area (Å²) in [6.45, 7) is 3.28. The van der Waals surface area contributed by atoms with Crippen LogP contribution >= 0.6 is 0 Å². The average molecular weight is 477 g/mol. The van der Waals surface area contributed by atoms with Crippen LogP contribution in [0.25, 0.3) is 0 Å². The van der Waals surface area contributed by atoms with Gasteiger partial charge in [0.05, 0.1) is 5.69 Å². The molecule has 2 aromatic rings. The Hall–Kier alpha value is -2.74. The highest BCUT2D eigenvalue weighted by molar-refractivity contribution is 5.73. The number of nitrogens with one attached hydrogen (secondary N) is 2. The molecule has 8 heteroatoms. The van der Waals surface area contributed by atoms with E-state index in [1.165, 1.54) is 48.8 Å². The number of fused-ring (bicyclic) bond motifs is 1. The normalized spacial score (nSPS) is 25.3. The third-order valence-corrected chi connectivity index (χ3v) is 7.64. The molecule has 2 fully saturated rings. The number of rotatable bonds is 3. The van der Waals surface area contributed by atoms with Crippen molar-refractivity contribution in [1.29, 1.82) is 0 Å². The molecule has 3 atom stereocenters. The lowest BCUT2D eigenvalue weighted by atomic mass is 9.53. The zero-order chi connectivity index (χ0) is 24.5. The maximum Gasteiger partial charge on any atom is 0.490 e. The molecule has 0 unspecified atom stereocenters. The van der Waals surface area contributed by atoms with Gasteiger partial charge in [0, 0.05) is 17.1 Å². The fourth-order valence-corrected chi connectivity index (χ4v) is 6.05. The van der Waals surface area contributed by atoms with Crippen molar-refractivity contribution in [2.45, 2.75) is 69.5 Å². The standard InChI is InChI=1S/C24H30N2O.C2HF3O2/c1-2-16-6-8-18(9-7-16)26-22-14-17-13-21-19-5-3-4-10-24(19,11-12-25-21)20(17)15-23(22)27;3-2(4,5)1(6)7/h6-9,14-15,19,21,25-27H,2-5,10-13H2,1H3;(H,6,7)/t19-,21+,24+;/m1./s1.